The molecule has 1 aromatic carbocycles. The Morgan fingerprint density at radius 1 is 1.14 bits per heavy atom. The number of nitrogens with zero attached hydrogens (tertiary/aromatic N) is 3. The third-order valence-corrected chi connectivity index (χ3v) is 3.61. The van der Waals surface area contributed by atoms with Crippen LogP contribution in [0, 0.1) is 5.92 Å². The maximum Gasteiger partial charge on any atom is 0.416 e. The van der Waals surface area contributed by atoms with Crippen LogP contribution in [0.4, 0.5) is 24.7 Å². The second-order valence-electron chi connectivity index (χ2n) is 5.08. The Hall–Kier alpha value is -2.02. The van der Waals surface area contributed by atoms with E-state index in [0.717, 1.165) is 18.0 Å². The third-order valence-electron chi connectivity index (χ3n) is 3.61. The topological polar surface area (TPSA) is 41.3 Å². The number of hydrogen-bond donors (Lipinski definition) is 1. The fourth-order valence-corrected chi connectivity index (χ4v) is 2.53. The molecule has 0 radical (unpaired) electrons. The fraction of sp³-hybridized carbons (Fsp3) is 0.357. The second kappa shape index (κ2) is 5.07. The number of aromatic nitrogens is 2. The SMILES string of the molecule is OCC1CN(c2ccc(C(F)(F)F)cc2)c2ccnn2C1. The number of alkyl halides is 3. The lowest BCUT2D eigenvalue weighted by molar-refractivity contribution is -0.137. The number of aliphatic hydroxyl groups excluding tert-OH is 1. The van der Waals surface area contributed by atoms with Crippen molar-refractivity contribution in [2.45, 2.75) is 12.7 Å². The van der Waals surface area contributed by atoms with E-state index in [1.807, 2.05) is 11.0 Å². The van der Waals surface area contributed by atoms with Crippen LogP contribution in [0.3, 0.4) is 0 Å². The van der Waals surface area contributed by atoms with Gasteiger partial charge >= 0.3 is 6.18 Å². The van der Waals surface area contributed by atoms with Gasteiger partial charge in [-0.2, -0.15) is 18.3 Å². The van der Waals surface area contributed by atoms with Crippen molar-refractivity contribution in [3.05, 3.63) is 42.1 Å². The van der Waals surface area contributed by atoms with Gasteiger partial charge in [-0.25, -0.2) is 4.68 Å². The molecule has 0 fully saturated rings. The molecule has 1 aliphatic rings. The lowest BCUT2D eigenvalue weighted by atomic mass is 10.1. The maximum atomic E-state index is 12.6. The van der Waals surface area contributed by atoms with Gasteiger partial charge in [0.1, 0.15) is 5.82 Å². The summed E-state index contributed by atoms with van der Waals surface area (Å²) in [7, 11) is 0. The summed E-state index contributed by atoms with van der Waals surface area (Å²) in [6.07, 6.45) is -2.69. The molecule has 0 saturated heterocycles. The summed E-state index contributed by atoms with van der Waals surface area (Å²) in [6.45, 7) is 1.17. The van der Waals surface area contributed by atoms with Crippen LogP contribution in [0.15, 0.2) is 36.5 Å². The molecule has 1 aliphatic heterocycles. The number of anilines is 2. The first-order valence-corrected chi connectivity index (χ1v) is 6.56. The highest BCUT2D eigenvalue weighted by Gasteiger charge is 2.31. The Bertz CT molecular complexity index is 621. The van der Waals surface area contributed by atoms with Crippen LogP contribution in [0.1, 0.15) is 5.56 Å². The van der Waals surface area contributed by atoms with Crippen LogP contribution in [-0.4, -0.2) is 28.0 Å². The maximum absolute atomic E-state index is 12.6. The first-order valence-electron chi connectivity index (χ1n) is 6.56. The van der Waals surface area contributed by atoms with Gasteiger partial charge in [-0.15, -0.1) is 0 Å². The van der Waals surface area contributed by atoms with Crippen LogP contribution in [0.5, 0.6) is 0 Å². The zero-order chi connectivity index (χ0) is 15.0. The molecule has 3 rings (SSSR count). The Morgan fingerprint density at radius 3 is 2.48 bits per heavy atom. The highest BCUT2D eigenvalue weighted by molar-refractivity contribution is 5.61. The summed E-state index contributed by atoms with van der Waals surface area (Å²) in [5.41, 5.74) is -0.0154. The van der Waals surface area contributed by atoms with Crippen LogP contribution in [0.2, 0.25) is 0 Å². The molecule has 1 aromatic heterocycles. The Morgan fingerprint density at radius 2 is 1.86 bits per heavy atom. The van der Waals surface area contributed by atoms with E-state index in [9.17, 15) is 18.3 Å². The quantitative estimate of drug-likeness (QED) is 0.926. The zero-order valence-corrected chi connectivity index (χ0v) is 11.1. The average Bonchev–Trinajstić information content (AvgIpc) is 2.93. The van der Waals surface area contributed by atoms with Gasteiger partial charge in [0, 0.05) is 37.4 Å². The van der Waals surface area contributed by atoms with Gasteiger partial charge in [-0.05, 0) is 24.3 Å². The predicted molar refractivity (Wildman–Crippen MR) is 71.3 cm³/mol. The van der Waals surface area contributed by atoms with Crippen molar-refractivity contribution >= 4 is 11.5 Å². The molecule has 0 aliphatic carbocycles. The Kier molecular flexibility index (Phi) is 3.36. The molecule has 1 atom stereocenters. The minimum absolute atomic E-state index is 0.000285. The molecule has 21 heavy (non-hydrogen) atoms. The van der Waals surface area contributed by atoms with Crippen LogP contribution in [-0.2, 0) is 12.7 Å². The van der Waals surface area contributed by atoms with Crippen molar-refractivity contribution in [1.82, 2.24) is 9.78 Å². The van der Waals surface area contributed by atoms with Crippen molar-refractivity contribution in [3.8, 4) is 0 Å². The van der Waals surface area contributed by atoms with E-state index in [2.05, 4.69) is 5.10 Å². The van der Waals surface area contributed by atoms with E-state index in [1.54, 1.807) is 10.9 Å². The minimum atomic E-state index is -4.34. The standard InChI is InChI=1S/C14H14F3N3O/c15-14(16,17)11-1-3-12(4-2-11)19-7-10(9-21)8-20-13(19)5-6-18-20/h1-6,10,21H,7-9H2. The van der Waals surface area contributed by atoms with Gasteiger partial charge < -0.3 is 10.0 Å². The molecule has 0 saturated carbocycles. The number of aliphatic hydroxyl groups is 1. The van der Waals surface area contributed by atoms with Crippen LogP contribution >= 0.6 is 0 Å². The summed E-state index contributed by atoms with van der Waals surface area (Å²) >= 11 is 0. The van der Waals surface area contributed by atoms with Crippen molar-refractivity contribution in [3.63, 3.8) is 0 Å². The molecule has 1 N–H and O–H groups in total. The van der Waals surface area contributed by atoms with Gasteiger partial charge in [0.15, 0.2) is 0 Å². The molecule has 0 spiro atoms. The molecule has 2 heterocycles. The summed E-state index contributed by atoms with van der Waals surface area (Å²) in [4.78, 5) is 1.87. The van der Waals surface area contributed by atoms with Crippen molar-refractivity contribution < 1.29 is 18.3 Å². The largest absolute Gasteiger partial charge is 0.416 e. The number of halogens is 3. The van der Waals surface area contributed by atoms with Gasteiger partial charge in [0.05, 0.1) is 11.8 Å². The number of benzene rings is 1. The molecule has 7 heteroatoms. The van der Waals surface area contributed by atoms with E-state index in [4.69, 9.17) is 0 Å². The van der Waals surface area contributed by atoms with Crippen LogP contribution in [0.25, 0.3) is 0 Å². The van der Waals surface area contributed by atoms with Gasteiger partial charge in [0.25, 0.3) is 0 Å². The summed E-state index contributed by atoms with van der Waals surface area (Å²) in [5.74, 6) is 0.819. The number of hydrogen-bond acceptors (Lipinski definition) is 3. The Balaban J connectivity index is 1.93. The molecule has 0 amide bonds. The van der Waals surface area contributed by atoms with Crippen LogP contribution < -0.4 is 4.90 Å². The normalized spacial score (nSPS) is 18.7. The minimum Gasteiger partial charge on any atom is -0.396 e. The van der Waals surface area contributed by atoms with Gasteiger partial charge in [0.2, 0.25) is 0 Å². The van der Waals surface area contributed by atoms with Gasteiger partial charge in [-0.3, -0.25) is 0 Å². The van der Waals surface area contributed by atoms with E-state index >= 15 is 0 Å². The number of fused-ring (bicyclic) bond motifs is 1. The first kappa shape index (κ1) is 13.9. The van der Waals surface area contributed by atoms with Crippen molar-refractivity contribution in [1.29, 1.82) is 0 Å². The molecular weight excluding hydrogens is 283 g/mol. The van der Waals surface area contributed by atoms with E-state index in [0.29, 0.717) is 18.8 Å². The molecular formula is C14H14F3N3O. The molecule has 2 aromatic rings. The van der Waals surface area contributed by atoms with Gasteiger partial charge in [-0.1, -0.05) is 0 Å². The lowest BCUT2D eigenvalue weighted by Crippen LogP contribution is -2.36. The molecule has 1 unspecified atom stereocenters. The highest BCUT2D eigenvalue weighted by Crippen LogP contribution is 2.34. The highest BCUT2D eigenvalue weighted by atomic mass is 19.4. The summed E-state index contributed by atoms with van der Waals surface area (Å²) < 4.78 is 39.6. The Labute approximate surface area is 119 Å². The molecule has 112 valence electrons. The van der Waals surface area contributed by atoms with Crippen molar-refractivity contribution in [2.24, 2.45) is 5.92 Å². The van der Waals surface area contributed by atoms with Crippen molar-refractivity contribution in [2.75, 3.05) is 18.1 Å². The predicted octanol–water partition coefficient (Wildman–Crippen LogP) is 2.66. The fourth-order valence-electron chi connectivity index (χ4n) is 2.53. The third kappa shape index (κ3) is 2.61. The smallest absolute Gasteiger partial charge is 0.396 e. The second-order valence-corrected chi connectivity index (χ2v) is 5.08. The summed E-state index contributed by atoms with van der Waals surface area (Å²) in [6, 6.07) is 6.84. The van der Waals surface area contributed by atoms with E-state index < -0.39 is 11.7 Å². The zero-order valence-electron chi connectivity index (χ0n) is 11.1. The number of rotatable bonds is 2. The average molecular weight is 297 g/mol. The molecule has 4 nitrogen and oxygen atoms in total. The monoisotopic (exact) mass is 297 g/mol. The molecule has 0 bridgehead atoms. The summed E-state index contributed by atoms with van der Waals surface area (Å²) in [5, 5.41) is 13.5. The lowest BCUT2D eigenvalue weighted by Gasteiger charge is -2.34. The van der Waals surface area contributed by atoms with E-state index in [1.165, 1.54) is 12.1 Å². The first-order chi connectivity index (χ1) is 9.99. The van der Waals surface area contributed by atoms with E-state index in [-0.39, 0.29) is 12.5 Å².